The molecule has 96 valence electrons. The van der Waals surface area contributed by atoms with Gasteiger partial charge in [0.05, 0.1) is 0 Å². The van der Waals surface area contributed by atoms with Gasteiger partial charge in [-0.05, 0) is 18.1 Å². The van der Waals surface area contributed by atoms with E-state index in [1.54, 1.807) is 12.1 Å². The summed E-state index contributed by atoms with van der Waals surface area (Å²) in [7, 11) is 0. The van der Waals surface area contributed by atoms with Gasteiger partial charge in [-0.1, -0.05) is 31.1 Å². The maximum atomic E-state index is 13.1. The zero-order chi connectivity index (χ0) is 13.1. The number of hydrogen-bond donors (Lipinski definition) is 1. The van der Waals surface area contributed by atoms with Gasteiger partial charge in [0.25, 0.3) is 0 Å². The van der Waals surface area contributed by atoms with Crippen molar-refractivity contribution < 1.29 is 8.91 Å². The van der Waals surface area contributed by atoms with Crippen molar-refractivity contribution in [2.45, 2.75) is 26.3 Å². The average molecular weight is 249 g/mol. The van der Waals surface area contributed by atoms with Crippen LogP contribution in [0.25, 0.3) is 11.4 Å². The zero-order valence-corrected chi connectivity index (χ0v) is 10.4. The Bertz CT molecular complexity index is 524. The summed E-state index contributed by atoms with van der Waals surface area (Å²) < 4.78 is 18.2. The molecule has 0 spiro atoms. The highest BCUT2D eigenvalue weighted by Crippen LogP contribution is 2.17. The molecule has 0 aliphatic heterocycles. The first-order valence-electron chi connectivity index (χ1n) is 5.90. The highest BCUT2D eigenvalue weighted by atomic mass is 19.1. The van der Waals surface area contributed by atoms with Crippen LogP contribution in [0.2, 0.25) is 0 Å². The van der Waals surface area contributed by atoms with Crippen molar-refractivity contribution in [3.05, 3.63) is 36.0 Å². The smallest absolute Gasteiger partial charge is 0.228 e. The van der Waals surface area contributed by atoms with E-state index in [0.29, 0.717) is 29.6 Å². The van der Waals surface area contributed by atoms with Crippen molar-refractivity contribution in [1.29, 1.82) is 0 Å². The van der Waals surface area contributed by atoms with Crippen LogP contribution in [-0.2, 0) is 6.42 Å². The third-order valence-electron chi connectivity index (χ3n) is 2.82. The summed E-state index contributed by atoms with van der Waals surface area (Å²) in [6, 6.07) is 6.07. The second-order valence-electron chi connectivity index (χ2n) is 4.63. The summed E-state index contributed by atoms with van der Waals surface area (Å²) in [5.74, 6) is 0.892. The molecule has 5 heteroatoms. The van der Waals surface area contributed by atoms with Crippen LogP contribution >= 0.6 is 0 Å². The van der Waals surface area contributed by atoms with Gasteiger partial charge in [0.1, 0.15) is 5.82 Å². The van der Waals surface area contributed by atoms with Gasteiger partial charge in [-0.15, -0.1) is 0 Å². The molecule has 0 amide bonds. The van der Waals surface area contributed by atoms with E-state index in [9.17, 15) is 4.39 Å². The minimum atomic E-state index is -0.322. The van der Waals surface area contributed by atoms with Crippen LogP contribution in [-0.4, -0.2) is 16.2 Å². The molecule has 0 aliphatic carbocycles. The summed E-state index contributed by atoms with van der Waals surface area (Å²) in [5.41, 5.74) is 6.53. The van der Waals surface area contributed by atoms with E-state index in [0.717, 1.165) is 0 Å². The molecule has 0 saturated carbocycles. The van der Waals surface area contributed by atoms with Crippen LogP contribution in [0.4, 0.5) is 4.39 Å². The molecule has 2 rings (SSSR count). The molecule has 1 atom stereocenters. The molecule has 0 fully saturated rings. The SMILES string of the molecule is CC(C)C(N)Cc1nc(-c2cccc(F)c2)no1. The Balaban J connectivity index is 2.15. The lowest BCUT2D eigenvalue weighted by Crippen LogP contribution is -2.28. The molecule has 0 bridgehead atoms. The first kappa shape index (κ1) is 12.7. The van der Waals surface area contributed by atoms with Crippen molar-refractivity contribution >= 4 is 0 Å². The maximum absolute atomic E-state index is 13.1. The van der Waals surface area contributed by atoms with E-state index < -0.39 is 0 Å². The molecule has 2 aromatic rings. The van der Waals surface area contributed by atoms with Crippen LogP contribution in [0.1, 0.15) is 19.7 Å². The fourth-order valence-corrected chi connectivity index (χ4v) is 1.52. The average Bonchev–Trinajstić information content (AvgIpc) is 2.77. The summed E-state index contributed by atoms with van der Waals surface area (Å²) in [5, 5.41) is 3.83. The molecule has 1 aromatic carbocycles. The molecule has 2 N–H and O–H groups in total. The van der Waals surface area contributed by atoms with Crippen LogP contribution in [0.15, 0.2) is 28.8 Å². The van der Waals surface area contributed by atoms with E-state index in [2.05, 4.69) is 10.1 Å². The Kier molecular flexibility index (Phi) is 3.72. The number of rotatable bonds is 4. The van der Waals surface area contributed by atoms with E-state index in [1.807, 2.05) is 13.8 Å². The van der Waals surface area contributed by atoms with E-state index in [4.69, 9.17) is 10.3 Å². The maximum Gasteiger partial charge on any atom is 0.228 e. The Hall–Kier alpha value is -1.75. The second-order valence-corrected chi connectivity index (χ2v) is 4.63. The van der Waals surface area contributed by atoms with Gasteiger partial charge >= 0.3 is 0 Å². The predicted molar refractivity (Wildman–Crippen MR) is 66.2 cm³/mol. The monoisotopic (exact) mass is 249 g/mol. The van der Waals surface area contributed by atoms with Crippen LogP contribution < -0.4 is 5.73 Å². The summed E-state index contributed by atoms with van der Waals surface area (Å²) >= 11 is 0. The van der Waals surface area contributed by atoms with Crippen molar-refractivity contribution in [3.8, 4) is 11.4 Å². The van der Waals surface area contributed by atoms with Gasteiger partial charge in [-0.25, -0.2) is 4.39 Å². The number of nitrogens with zero attached hydrogens (tertiary/aromatic N) is 2. The third-order valence-corrected chi connectivity index (χ3v) is 2.82. The first-order valence-corrected chi connectivity index (χ1v) is 5.90. The van der Waals surface area contributed by atoms with Crippen LogP contribution in [0.5, 0.6) is 0 Å². The lowest BCUT2D eigenvalue weighted by Gasteiger charge is -2.11. The number of hydrogen-bond acceptors (Lipinski definition) is 4. The topological polar surface area (TPSA) is 64.9 Å². The van der Waals surface area contributed by atoms with Gasteiger partial charge in [0.15, 0.2) is 0 Å². The Morgan fingerprint density at radius 3 is 2.83 bits per heavy atom. The van der Waals surface area contributed by atoms with Crippen molar-refractivity contribution in [3.63, 3.8) is 0 Å². The van der Waals surface area contributed by atoms with Crippen molar-refractivity contribution in [2.75, 3.05) is 0 Å². The Morgan fingerprint density at radius 2 is 2.17 bits per heavy atom. The molecular weight excluding hydrogens is 233 g/mol. The fourth-order valence-electron chi connectivity index (χ4n) is 1.52. The lowest BCUT2D eigenvalue weighted by atomic mass is 10.0. The van der Waals surface area contributed by atoms with E-state index in [1.165, 1.54) is 12.1 Å². The molecule has 1 heterocycles. The Morgan fingerprint density at radius 1 is 1.39 bits per heavy atom. The number of nitrogens with two attached hydrogens (primary N) is 1. The normalized spacial score (nSPS) is 12.9. The minimum Gasteiger partial charge on any atom is -0.339 e. The molecule has 0 saturated heterocycles. The molecule has 4 nitrogen and oxygen atoms in total. The van der Waals surface area contributed by atoms with Crippen molar-refractivity contribution in [2.24, 2.45) is 11.7 Å². The second kappa shape index (κ2) is 5.27. The Labute approximate surface area is 105 Å². The zero-order valence-electron chi connectivity index (χ0n) is 10.4. The molecule has 1 aromatic heterocycles. The van der Waals surface area contributed by atoms with E-state index >= 15 is 0 Å². The highest BCUT2D eigenvalue weighted by Gasteiger charge is 2.14. The fraction of sp³-hybridized carbons (Fsp3) is 0.385. The molecule has 0 radical (unpaired) electrons. The number of benzene rings is 1. The van der Waals surface area contributed by atoms with Crippen LogP contribution in [0.3, 0.4) is 0 Å². The molecular formula is C13H16FN3O. The van der Waals surface area contributed by atoms with Gasteiger partial charge in [0.2, 0.25) is 11.7 Å². The van der Waals surface area contributed by atoms with Gasteiger partial charge in [-0.3, -0.25) is 0 Å². The lowest BCUT2D eigenvalue weighted by molar-refractivity contribution is 0.353. The number of halogens is 1. The molecule has 18 heavy (non-hydrogen) atoms. The predicted octanol–water partition coefficient (Wildman–Crippen LogP) is 2.40. The van der Waals surface area contributed by atoms with E-state index in [-0.39, 0.29) is 11.9 Å². The molecule has 1 unspecified atom stereocenters. The largest absolute Gasteiger partial charge is 0.339 e. The summed E-state index contributed by atoms with van der Waals surface area (Å²) in [6.07, 6.45) is 0.528. The highest BCUT2D eigenvalue weighted by molar-refractivity contribution is 5.53. The quantitative estimate of drug-likeness (QED) is 0.903. The van der Waals surface area contributed by atoms with Gasteiger partial charge < -0.3 is 10.3 Å². The van der Waals surface area contributed by atoms with Gasteiger partial charge in [-0.2, -0.15) is 4.98 Å². The summed E-state index contributed by atoms with van der Waals surface area (Å²) in [4.78, 5) is 4.22. The summed E-state index contributed by atoms with van der Waals surface area (Å²) in [6.45, 7) is 4.07. The van der Waals surface area contributed by atoms with Crippen LogP contribution in [0, 0.1) is 11.7 Å². The molecule has 0 aliphatic rings. The number of aromatic nitrogens is 2. The van der Waals surface area contributed by atoms with Crippen molar-refractivity contribution in [1.82, 2.24) is 10.1 Å². The standard InChI is InChI=1S/C13H16FN3O/c1-8(2)11(15)7-12-16-13(17-18-12)9-4-3-5-10(14)6-9/h3-6,8,11H,7,15H2,1-2H3. The third kappa shape index (κ3) is 2.92. The minimum absolute atomic E-state index is 0.0224. The first-order chi connectivity index (χ1) is 8.56. The van der Waals surface area contributed by atoms with Gasteiger partial charge in [0, 0.05) is 18.0 Å².